The molecule has 2 rings (SSSR count). The van der Waals surface area contributed by atoms with Crippen molar-refractivity contribution in [2.24, 2.45) is 0 Å². The quantitative estimate of drug-likeness (QED) is 0.797. The van der Waals surface area contributed by atoms with Crippen LogP contribution in [0.25, 0.3) is 0 Å². The van der Waals surface area contributed by atoms with Gasteiger partial charge in [-0.25, -0.2) is 0 Å². The number of quaternary nitrogens is 1. The lowest BCUT2D eigenvalue weighted by atomic mass is 10.2. The van der Waals surface area contributed by atoms with E-state index in [0.717, 1.165) is 28.8 Å². The van der Waals surface area contributed by atoms with E-state index in [0.29, 0.717) is 0 Å². The number of rotatable bonds is 6. The second-order valence-corrected chi connectivity index (χ2v) is 5.97. The zero-order chi connectivity index (χ0) is 13.7. The number of aromatic nitrogens is 2. The van der Waals surface area contributed by atoms with Crippen LogP contribution < -0.4 is 10.2 Å². The fourth-order valence-electron chi connectivity index (χ4n) is 1.90. The molecule has 19 heavy (non-hydrogen) atoms. The Hall–Kier alpha value is -1.24. The summed E-state index contributed by atoms with van der Waals surface area (Å²) in [7, 11) is 1.87. The van der Waals surface area contributed by atoms with E-state index in [1.165, 1.54) is 21.8 Å². The van der Waals surface area contributed by atoms with Crippen LogP contribution in [0.3, 0.4) is 0 Å². The lowest BCUT2D eigenvalue weighted by Gasteiger charge is -2.17. The van der Waals surface area contributed by atoms with Crippen LogP contribution in [0, 0.1) is 3.95 Å². The van der Waals surface area contributed by atoms with E-state index < -0.39 is 0 Å². The van der Waals surface area contributed by atoms with E-state index in [1.54, 1.807) is 0 Å². The highest BCUT2D eigenvalue weighted by Crippen LogP contribution is 2.12. The van der Waals surface area contributed by atoms with Gasteiger partial charge >= 0.3 is 0 Å². The topological polar surface area (TPSA) is 34.3 Å². The van der Waals surface area contributed by atoms with Crippen LogP contribution in [-0.2, 0) is 13.2 Å². The van der Waals surface area contributed by atoms with Gasteiger partial charge in [-0.1, -0.05) is 41.7 Å². The summed E-state index contributed by atoms with van der Waals surface area (Å²) in [5, 5.41) is 8.37. The molecule has 2 aromatic rings. The first kappa shape index (κ1) is 14.2. The molecule has 0 saturated carbocycles. The number of benzene rings is 1. The van der Waals surface area contributed by atoms with E-state index in [-0.39, 0.29) is 0 Å². The highest BCUT2D eigenvalue weighted by molar-refractivity contribution is 7.73. The maximum absolute atomic E-state index is 5.34. The SMILES string of the molecule is CC[NH+](Cc1ccccc1)Cn1nc(NC)sc1=S. The third-order valence-corrected chi connectivity index (χ3v) is 4.32. The highest BCUT2D eigenvalue weighted by Gasteiger charge is 2.10. The Balaban J connectivity index is 2.06. The molecule has 0 radical (unpaired) electrons. The molecule has 1 aromatic heterocycles. The van der Waals surface area contributed by atoms with Crippen molar-refractivity contribution in [3.63, 3.8) is 0 Å². The maximum Gasteiger partial charge on any atom is 0.204 e. The average molecular weight is 295 g/mol. The van der Waals surface area contributed by atoms with E-state index in [4.69, 9.17) is 12.2 Å². The van der Waals surface area contributed by atoms with Crippen LogP contribution in [0.2, 0.25) is 0 Å². The van der Waals surface area contributed by atoms with Gasteiger partial charge in [0, 0.05) is 12.6 Å². The summed E-state index contributed by atoms with van der Waals surface area (Å²) in [4.78, 5) is 1.44. The molecule has 1 unspecified atom stereocenters. The largest absolute Gasteiger partial charge is 0.363 e. The van der Waals surface area contributed by atoms with Gasteiger partial charge in [-0.15, -0.1) is 5.10 Å². The number of nitrogens with one attached hydrogen (secondary N) is 2. The summed E-state index contributed by atoms with van der Waals surface area (Å²) in [6.07, 6.45) is 0. The van der Waals surface area contributed by atoms with Crippen LogP contribution in [-0.4, -0.2) is 23.4 Å². The number of nitrogens with zero attached hydrogens (tertiary/aromatic N) is 2. The van der Waals surface area contributed by atoms with Gasteiger partial charge in [-0.2, -0.15) is 4.68 Å². The maximum atomic E-state index is 5.34. The van der Waals surface area contributed by atoms with Crippen molar-refractivity contribution in [2.75, 3.05) is 18.9 Å². The van der Waals surface area contributed by atoms with Gasteiger partial charge in [0.1, 0.15) is 6.54 Å². The molecule has 1 heterocycles. The predicted octanol–water partition coefficient (Wildman–Crippen LogP) is 1.78. The van der Waals surface area contributed by atoms with Crippen molar-refractivity contribution in [1.29, 1.82) is 0 Å². The molecule has 0 bridgehead atoms. The Kier molecular flexibility index (Phi) is 5.07. The molecule has 4 nitrogen and oxygen atoms in total. The lowest BCUT2D eigenvalue weighted by molar-refractivity contribution is -0.935. The van der Waals surface area contributed by atoms with Gasteiger partial charge in [0.05, 0.1) is 6.54 Å². The van der Waals surface area contributed by atoms with Gasteiger partial charge in [-0.3, -0.25) is 0 Å². The smallest absolute Gasteiger partial charge is 0.204 e. The van der Waals surface area contributed by atoms with Crippen molar-refractivity contribution < 1.29 is 4.90 Å². The molecule has 102 valence electrons. The molecule has 0 fully saturated rings. The molecule has 0 aliphatic rings. The summed E-state index contributed by atoms with van der Waals surface area (Å²) < 4.78 is 2.73. The minimum absolute atomic E-state index is 0.808. The van der Waals surface area contributed by atoms with Crippen molar-refractivity contribution in [3.05, 3.63) is 39.8 Å². The lowest BCUT2D eigenvalue weighted by Crippen LogP contribution is -3.09. The van der Waals surface area contributed by atoms with Gasteiger partial charge in [0.15, 0.2) is 10.6 Å². The molecular formula is C13H19N4S2+. The first-order valence-corrected chi connectivity index (χ1v) is 7.58. The fraction of sp³-hybridized carbons (Fsp3) is 0.385. The van der Waals surface area contributed by atoms with Crippen LogP contribution in [0.15, 0.2) is 30.3 Å². The molecule has 0 saturated heterocycles. The Labute approximate surface area is 122 Å². The third kappa shape index (κ3) is 3.86. The number of anilines is 1. The number of hydrogen-bond donors (Lipinski definition) is 2. The van der Waals surface area contributed by atoms with Gasteiger partial charge in [-0.05, 0) is 19.1 Å². The molecule has 6 heteroatoms. The summed E-state index contributed by atoms with van der Waals surface area (Å²) in [5.41, 5.74) is 1.34. The zero-order valence-electron chi connectivity index (χ0n) is 11.2. The normalized spacial score (nSPS) is 12.3. The van der Waals surface area contributed by atoms with Crippen LogP contribution in [0.1, 0.15) is 12.5 Å². The molecule has 0 aliphatic carbocycles. The predicted molar refractivity (Wildman–Crippen MR) is 82.1 cm³/mol. The second-order valence-electron chi connectivity index (χ2n) is 4.35. The highest BCUT2D eigenvalue weighted by atomic mass is 32.1. The first-order valence-electron chi connectivity index (χ1n) is 6.36. The first-order chi connectivity index (χ1) is 9.22. The molecule has 2 N–H and O–H groups in total. The van der Waals surface area contributed by atoms with Gasteiger partial charge in [0.2, 0.25) is 5.13 Å². The van der Waals surface area contributed by atoms with Crippen LogP contribution >= 0.6 is 23.6 Å². The van der Waals surface area contributed by atoms with Crippen molar-refractivity contribution in [1.82, 2.24) is 9.78 Å². The van der Waals surface area contributed by atoms with Crippen molar-refractivity contribution in [3.8, 4) is 0 Å². The monoisotopic (exact) mass is 295 g/mol. The molecule has 0 spiro atoms. The van der Waals surface area contributed by atoms with Gasteiger partial charge < -0.3 is 10.2 Å². The fourth-order valence-corrected chi connectivity index (χ4v) is 2.86. The molecular weight excluding hydrogens is 276 g/mol. The minimum atomic E-state index is 0.808. The minimum Gasteiger partial charge on any atom is -0.363 e. The standard InChI is InChI=1S/C13H18N4S2/c1-3-16(9-11-7-5-4-6-8-11)10-17-13(18)19-12(14-2)15-17/h4-8H,3,9-10H2,1-2H3,(H,14,15)/p+1. The Morgan fingerprint density at radius 1 is 1.37 bits per heavy atom. The van der Waals surface area contributed by atoms with E-state index in [2.05, 4.69) is 41.6 Å². The Morgan fingerprint density at radius 3 is 2.68 bits per heavy atom. The summed E-state index contributed by atoms with van der Waals surface area (Å²) in [5.74, 6) is 0. The molecule has 1 atom stereocenters. The van der Waals surface area contributed by atoms with E-state index in [1.807, 2.05) is 17.8 Å². The van der Waals surface area contributed by atoms with Gasteiger partial charge in [0.25, 0.3) is 0 Å². The average Bonchev–Trinajstić information content (AvgIpc) is 2.80. The van der Waals surface area contributed by atoms with Crippen molar-refractivity contribution in [2.45, 2.75) is 20.1 Å². The summed E-state index contributed by atoms with van der Waals surface area (Å²) in [6.45, 7) is 5.03. The molecule has 0 aliphatic heterocycles. The van der Waals surface area contributed by atoms with Crippen molar-refractivity contribution >= 4 is 28.7 Å². The summed E-state index contributed by atoms with van der Waals surface area (Å²) >= 11 is 6.85. The van der Waals surface area contributed by atoms with Crippen LogP contribution in [0.4, 0.5) is 5.13 Å². The van der Waals surface area contributed by atoms with Crippen LogP contribution in [0.5, 0.6) is 0 Å². The Bertz CT molecular complexity index is 562. The summed E-state index contributed by atoms with van der Waals surface area (Å²) in [6, 6.07) is 10.5. The third-order valence-electron chi connectivity index (χ3n) is 2.99. The molecule has 0 amide bonds. The second kappa shape index (κ2) is 6.79. The van der Waals surface area contributed by atoms with E-state index in [9.17, 15) is 0 Å². The Morgan fingerprint density at radius 2 is 2.11 bits per heavy atom. The van der Waals surface area contributed by atoms with E-state index >= 15 is 0 Å². The number of hydrogen-bond acceptors (Lipinski definition) is 4. The molecule has 1 aromatic carbocycles. The zero-order valence-corrected chi connectivity index (χ0v) is 12.9.